The summed E-state index contributed by atoms with van der Waals surface area (Å²) in [5, 5.41) is 19.7. The lowest BCUT2D eigenvalue weighted by atomic mass is 10.1. The second kappa shape index (κ2) is 5.07. The topological polar surface area (TPSA) is 66.3 Å². The van der Waals surface area contributed by atoms with Crippen LogP contribution in [0.3, 0.4) is 0 Å². The molecule has 0 amide bonds. The van der Waals surface area contributed by atoms with Crippen molar-refractivity contribution in [2.45, 2.75) is 19.8 Å². The van der Waals surface area contributed by atoms with E-state index in [9.17, 15) is 4.79 Å². The molecule has 0 bridgehead atoms. The van der Waals surface area contributed by atoms with E-state index in [4.69, 9.17) is 5.11 Å². The number of benzene rings is 1. The molecule has 1 fully saturated rings. The molecule has 5 heteroatoms. The van der Waals surface area contributed by atoms with Gasteiger partial charge in [0.15, 0.2) is 5.82 Å². The molecule has 1 aliphatic heterocycles. The molecule has 20 heavy (non-hydrogen) atoms. The van der Waals surface area contributed by atoms with Crippen LogP contribution in [0.1, 0.15) is 18.5 Å². The molecule has 1 N–H and O–H groups in total. The average molecular weight is 271 g/mol. The number of aliphatic carboxylic acids is 1. The summed E-state index contributed by atoms with van der Waals surface area (Å²) in [6.07, 6.45) is 1.13. The highest BCUT2D eigenvalue weighted by molar-refractivity contribution is 5.93. The minimum absolute atomic E-state index is 0.203. The predicted molar refractivity (Wildman–Crippen MR) is 76.8 cm³/mol. The van der Waals surface area contributed by atoms with Gasteiger partial charge in [0.25, 0.3) is 0 Å². The Morgan fingerprint density at radius 3 is 2.85 bits per heavy atom. The third-order valence-corrected chi connectivity index (χ3v) is 3.90. The average Bonchev–Trinajstić information content (AvgIpc) is 2.87. The van der Waals surface area contributed by atoms with Crippen molar-refractivity contribution in [1.29, 1.82) is 0 Å². The lowest BCUT2D eigenvalue weighted by molar-refractivity contribution is -0.137. The Bertz CT molecular complexity index is 657. The Labute approximate surface area is 117 Å². The molecule has 1 aromatic carbocycles. The Morgan fingerprint density at radius 1 is 1.35 bits per heavy atom. The molecule has 1 unspecified atom stereocenters. The third kappa shape index (κ3) is 2.31. The second-order valence-electron chi connectivity index (χ2n) is 5.35. The van der Waals surface area contributed by atoms with Gasteiger partial charge in [-0.15, -0.1) is 5.10 Å². The quantitative estimate of drug-likeness (QED) is 0.927. The molecule has 2 heterocycles. The largest absolute Gasteiger partial charge is 0.481 e. The van der Waals surface area contributed by atoms with Gasteiger partial charge in [0, 0.05) is 30.3 Å². The van der Waals surface area contributed by atoms with Crippen LogP contribution in [-0.4, -0.2) is 34.4 Å². The van der Waals surface area contributed by atoms with Crippen LogP contribution in [0.5, 0.6) is 0 Å². The molecular weight excluding hydrogens is 254 g/mol. The van der Waals surface area contributed by atoms with Crippen molar-refractivity contribution in [3.05, 3.63) is 30.0 Å². The number of rotatable bonds is 3. The van der Waals surface area contributed by atoms with E-state index in [1.54, 1.807) is 0 Å². The van der Waals surface area contributed by atoms with Gasteiger partial charge >= 0.3 is 5.97 Å². The van der Waals surface area contributed by atoms with Gasteiger partial charge in [0.2, 0.25) is 0 Å². The highest BCUT2D eigenvalue weighted by atomic mass is 16.4. The Kier molecular flexibility index (Phi) is 3.26. The van der Waals surface area contributed by atoms with Gasteiger partial charge in [-0.25, -0.2) is 0 Å². The molecule has 104 valence electrons. The number of fused-ring (bicyclic) bond motifs is 1. The molecule has 1 atom stereocenters. The molecule has 0 radical (unpaired) electrons. The van der Waals surface area contributed by atoms with Gasteiger partial charge in [-0.05, 0) is 19.3 Å². The summed E-state index contributed by atoms with van der Waals surface area (Å²) < 4.78 is 0. The van der Waals surface area contributed by atoms with Crippen LogP contribution in [0.25, 0.3) is 10.8 Å². The fourth-order valence-electron chi connectivity index (χ4n) is 2.90. The first-order valence-corrected chi connectivity index (χ1v) is 6.84. The van der Waals surface area contributed by atoms with Gasteiger partial charge in [0.05, 0.1) is 5.69 Å². The van der Waals surface area contributed by atoms with Crippen LogP contribution in [-0.2, 0) is 4.79 Å². The SMILES string of the molecule is Cc1nnc(N2CCC(CC(=O)O)C2)c2ccccc12. The maximum absolute atomic E-state index is 10.8. The van der Waals surface area contributed by atoms with E-state index in [1.165, 1.54) is 0 Å². The maximum atomic E-state index is 10.8. The molecule has 2 aromatic rings. The first-order chi connectivity index (χ1) is 9.65. The lowest BCUT2D eigenvalue weighted by Crippen LogP contribution is -2.22. The molecule has 1 aliphatic rings. The summed E-state index contributed by atoms with van der Waals surface area (Å²) >= 11 is 0. The van der Waals surface area contributed by atoms with Gasteiger partial charge < -0.3 is 10.0 Å². The van der Waals surface area contributed by atoms with E-state index < -0.39 is 5.97 Å². The van der Waals surface area contributed by atoms with Crippen molar-refractivity contribution in [2.24, 2.45) is 5.92 Å². The highest BCUT2D eigenvalue weighted by Crippen LogP contribution is 2.30. The number of aryl methyl sites for hydroxylation is 1. The van der Waals surface area contributed by atoms with E-state index >= 15 is 0 Å². The van der Waals surface area contributed by atoms with Crippen LogP contribution >= 0.6 is 0 Å². The molecule has 0 saturated carbocycles. The number of anilines is 1. The standard InChI is InChI=1S/C15H17N3O2/c1-10-12-4-2-3-5-13(12)15(17-16-10)18-7-6-11(9-18)8-14(19)20/h2-5,11H,6-9H2,1H3,(H,19,20). The Morgan fingerprint density at radius 2 is 2.10 bits per heavy atom. The van der Waals surface area contributed by atoms with Gasteiger partial charge in [-0.2, -0.15) is 5.10 Å². The van der Waals surface area contributed by atoms with Gasteiger partial charge in [-0.3, -0.25) is 4.79 Å². The van der Waals surface area contributed by atoms with Crippen molar-refractivity contribution >= 4 is 22.6 Å². The zero-order valence-corrected chi connectivity index (χ0v) is 11.4. The minimum Gasteiger partial charge on any atom is -0.481 e. The smallest absolute Gasteiger partial charge is 0.303 e. The zero-order chi connectivity index (χ0) is 14.1. The number of carboxylic acid groups (broad SMARTS) is 1. The van der Waals surface area contributed by atoms with Crippen LogP contribution in [0.15, 0.2) is 24.3 Å². The van der Waals surface area contributed by atoms with Gasteiger partial charge in [0.1, 0.15) is 0 Å². The highest BCUT2D eigenvalue weighted by Gasteiger charge is 2.26. The molecular formula is C15H17N3O2. The van der Waals surface area contributed by atoms with E-state index in [0.29, 0.717) is 0 Å². The third-order valence-electron chi connectivity index (χ3n) is 3.90. The number of aromatic nitrogens is 2. The number of hydrogen-bond donors (Lipinski definition) is 1. The molecule has 3 rings (SSSR count). The summed E-state index contributed by atoms with van der Waals surface area (Å²) in [6.45, 7) is 3.55. The summed E-state index contributed by atoms with van der Waals surface area (Å²) in [4.78, 5) is 13.0. The van der Waals surface area contributed by atoms with E-state index in [-0.39, 0.29) is 12.3 Å². The van der Waals surface area contributed by atoms with E-state index in [2.05, 4.69) is 21.2 Å². The van der Waals surface area contributed by atoms with Crippen LogP contribution < -0.4 is 4.90 Å². The van der Waals surface area contributed by atoms with Crippen molar-refractivity contribution in [3.63, 3.8) is 0 Å². The summed E-state index contributed by atoms with van der Waals surface area (Å²) in [5.41, 5.74) is 0.922. The van der Waals surface area contributed by atoms with Gasteiger partial charge in [-0.1, -0.05) is 24.3 Å². The molecule has 5 nitrogen and oxygen atoms in total. The van der Waals surface area contributed by atoms with Crippen molar-refractivity contribution < 1.29 is 9.90 Å². The van der Waals surface area contributed by atoms with E-state index in [0.717, 1.165) is 41.8 Å². The second-order valence-corrected chi connectivity index (χ2v) is 5.35. The number of carboxylic acids is 1. The first-order valence-electron chi connectivity index (χ1n) is 6.84. The monoisotopic (exact) mass is 271 g/mol. The van der Waals surface area contributed by atoms with Crippen LogP contribution in [0.2, 0.25) is 0 Å². The first kappa shape index (κ1) is 12.8. The zero-order valence-electron chi connectivity index (χ0n) is 11.4. The van der Waals surface area contributed by atoms with Crippen molar-refractivity contribution in [3.8, 4) is 0 Å². The Balaban J connectivity index is 1.92. The number of nitrogens with zero attached hydrogens (tertiary/aromatic N) is 3. The maximum Gasteiger partial charge on any atom is 0.303 e. The Hall–Kier alpha value is -2.17. The van der Waals surface area contributed by atoms with E-state index in [1.807, 2.05) is 25.1 Å². The molecule has 0 aliphatic carbocycles. The minimum atomic E-state index is -0.725. The number of hydrogen-bond acceptors (Lipinski definition) is 4. The molecule has 0 spiro atoms. The number of carbonyl (C=O) groups is 1. The fraction of sp³-hybridized carbons (Fsp3) is 0.400. The fourth-order valence-corrected chi connectivity index (χ4v) is 2.90. The lowest BCUT2D eigenvalue weighted by Gasteiger charge is -2.19. The summed E-state index contributed by atoms with van der Waals surface area (Å²) in [6, 6.07) is 8.10. The molecule has 1 aromatic heterocycles. The van der Waals surface area contributed by atoms with Crippen LogP contribution in [0, 0.1) is 12.8 Å². The van der Waals surface area contributed by atoms with Crippen LogP contribution in [0.4, 0.5) is 5.82 Å². The summed E-state index contributed by atoms with van der Waals surface area (Å²) in [5.74, 6) is 0.352. The van der Waals surface area contributed by atoms with Crippen molar-refractivity contribution in [1.82, 2.24) is 10.2 Å². The summed E-state index contributed by atoms with van der Waals surface area (Å²) in [7, 11) is 0. The predicted octanol–water partition coefficient (Wildman–Crippen LogP) is 2.24. The normalized spacial score (nSPS) is 18.6. The molecule has 1 saturated heterocycles. The van der Waals surface area contributed by atoms with Crippen molar-refractivity contribution in [2.75, 3.05) is 18.0 Å².